The van der Waals surface area contributed by atoms with Crippen molar-refractivity contribution in [3.05, 3.63) is 52.3 Å². The van der Waals surface area contributed by atoms with E-state index in [4.69, 9.17) is 16.3 Å². The Labute approximate surface area is 170 Å². The van der Waals surface area contributed by atoms with E-state index in [0.29, 0.717) is 12.2 Å². The minimum atomic E-state index is -0.887. The predicted octanol–water partition coefficient (Wildman–Crippen LogP) is 3.89. The lowest BCUT2D eigenvalue weighted by atomic mass is 9.95. The van der Waals surface area contributed by atoms with Crippen LogP contribution in [0.25, 0.3) is 0 Å². The van der Waals surface area contributed by atoms with Gasteiger partial charge in [0.15, 0.2) is 6.10 Å². The highest BCUT2D eigenvalue weighted by molar-refractivity contribution is 6.32. The van der Waals surface area contributed by atoms with Crippen molar-refractivity contribution >= 4 is 23.5 Å². The Kier molecular flexibility index (Phi) is 6.73. The van der Waals surface area contributed by atoms with Crippen molar-refractivity contribution in [3.8, 4) is 0 Å². The molecule has 28 heavy (non-hydrogen) atoms. The van der Waals surface area contributed by atoms with Gasteiger partial charge in [-0.2, -0.15) is 5.10 Å². The maximum Gasteiger partial charge on any atom is 0.343 e. The number of nitrogens with zero attached hydrogens (tertiary/aromatic N) is 2. The number of aryl methyl sites for hydroxylation is 1. The molecule has 150 valence electrons. The summed E-state index contributed by atoms with van der Waals surface area (Å²) in [5, 5.41) is 7.54. The van der Waals surface area contributed by atoms with E-state index < -0.39 is 12.1 Å². The highest BCUT2D eigenvalue weighted by Crippen LogP contribution is 2.23. The molecule has 7 heteroatoms. The summed E-state index contributed by atoms with van der Waals surface area (Å²) in [5.41, 5.74) is 1.70. The molecule has 1 heterocycles. The minimum absolute atomic E-state index is 0.168. The second-order valence-corrected chi connectivity index (χ2v) is 7.64. The van der Waals surface area contributed by atoms with Crippen molar-refractivity contribution in [1.82, 2.24) is 15.1 Å². The Bertz CT molecular complexity index is 829. The van der Waals surface area contributed by atoms with Gasteiger partial charge in [-0.05, 0) is 32.3 Å². The highest BCUT2D eigenvalue weighted by Gasteiger charge is 2.27. The molecule has 1 amide bonds. The largest absolute Gasteiger partial charge is 0.449 e. The van der Waals surface area contributed by atoms with Gasteiger partial charge >= 0.3 is 5.97 Å². The first-order valence-electron chi connectivity index (χ1n) is 9.74. The SMILES string of the molecule is Cc1nn(Cc2ccccc2)c(Cl)c1C(=O)O[C@H](C)C(=O)NC1CCCCC1. The molecule has 3 rings (SSSR count). The predicted molar refractivity (Wildman–Crippen MR) is 107 cm³/mol. The Morgan fingerprint density at radius 3 is 2.61 bits per heavy atom. The van der Waals surface area contributed by atoms with E-state index in [-0.39, 0.29) is 22.7 Å². The van der Waals surface area contributed by atoms with Gasteiger partial charge in [0.25, 0.3) is 5.91 Å². The van der Waals surface area contributed by atoms with Crippen molar-refractivity contribution in [1.29, 1.82) is 0 Å². The van der Waals surface area contributed by atoms with Crippen molar-refractivity contribution in [3.63, 3.8) is 0 Å². The van der Waals surface area contributed by atoms with E-state index in [9.17, 15) is 9.59 Å². The number of ether oxygens (including phenoxy) is 1. The topological polar surface area (TPSA) is 73.2 Å². The van der Waals surface area contributed by atoms with E-state index in [2.05, 4.69) is 10.4 Å². The van der Waals surface area contributed by atoms with Crippen LogP contribution in [0.4, 0.5) is 0 Å². The Morgan fingerprint density at radius 2 is 1.93 bits per heavy atom. The number of halogens is 1. The third-order valence-corrected chi connectivity index (χ3v) is 5.43. The molecule has 1 aliphatic carbocycles. The van der Waals surface area contributed by atoms with Gasteiger partial charge in [0, 0.05) is 6.04 Å². The average Bonchev–Trinajstić information content (AvgIpc) is 2.96. The van der Waals surface area contributed by atoms with Gasteiger partial charge in [0.2, 0.25) is 0 Å². The average molecular weight is 404 g/mol. The fourth-order valence-corrected chi connectivity index (χ4v) is 3.80. The van der Waals surface area contributed by atoms with Crippen molar-refractivity contribution in [2.24, 2.45) is 0 Å². The molecule has 1 N–H and O–H groups in total. The van der Waals surface area contributed by atoms with Gasteiger partial charge in [0.05, 0.1) is 12.2 Å². The number of amides is 1. The van der Waals surface area contributed by atoms with Crippen LogP contribution in [0, 0.1) is 6.92 Å². The molecule has 1 fully saturated rings. The molecule has 0 unspecified atom stereocenters. The van der Waals surface area contributed by atoms with Crippen molar-refractivity contribution < 1.29 is 14.3 Å². The first-order valence-corrected chi connectivity index (χ1v) is 10.1. The van der Waals surface area contributed by atoms with Crippen LogP contribution >= 0.6 is 11.6 Å². The number of carbonyl (C=O) groups is 2. The first-order chi connectivity index (χ1) is 13.5. The number of aromatic nitrogens is 2. The molecule has 0 radical (unpaired) electrons. The van der Waals surface area contributed by atoms with Crippen LogP contribution in [-0.4, -0.2) is 33.8 Å². The highest BCUT2D eigenvalue weighted by atomic mass is 35.5. The summed E-state index contributed by atoms with van der Waals surface area (Å²) in [4.78, 5) is 25.0. The van der Waals surface area contributed by atoms with Crippen LogP contribution in [0.5, 0.6) is 0 Å². The monoisotopic (exact) mass is 403 g/mol. The van der Waals surface area contributed by atoms with Crippen LogP contribution in [0.2, 0.25) is 5.15 Å². The van der Waals surface area contributed by atoms with Gasteiger partial charge in [-0.3, -0.25) is 4.79 Å². The van der Waals surface area contributed by atoms with Gasteiger partial charge in [0.1, 0.15) is 10.7 Å². The second-order valence-electron chi connectivity index (χ2n) is 7.29. The number of hydrogen-bond acceptors (Lipinski definition) is 4. The quantitative estimate of drug-likeness (QED) is 0.742. The molecule has 0 aliphatic heterocycles. The fourth-order valence-electron chi connectivity index (χ4n) is 3.48. The van der Waals surface area contributed by atoms with E-state index >= 15 is 0 Å². The zero-order valence-corrected chi connectivity index (χ0v) is 17.0. The molecule has 1 atom stereocenters. The van der Waals surface area contributed by atoms with Gasteiger partial charge in [-0.25, -0.2) is 9.48 Å². The third-order valence-electron chi connectivity index (χ3n) is 5.05. The molecule has 0 spiro atoms. The van der Waals surface area contributed by atoms with E-state index in [1.54, 1.807) is 18.5 Å². The Hall–Kier alpha value is -2.34. The minimum Gasteiger partial charge on any atom is -0.449 e. The summed E-state index contributed by atoms with van der Waals surface area (Å²) in [6.45, 7) is 3.73. The van der Waals surface area contributed by atoms with Crippen LogP contribution in [-0.2, 0) is 16.1 Å². The van der Waals surface area contributed by atoms with Crippen LogP contribution < -0.4 is 5.32 Å². The first kappa shape index (κ1) is 20.4. The number of rotatable bonds is 6. The van der Waals surface area contributed by atoms with E-state index in [1.165, 1.54) is 6.42 Å². The van der Waals surface area contributed by atoms with Gasteiger partial charge in [-0.15, -0.1) is 0 Å². The molecular formula is C21H26ClN3O3. The van der Waals surface area contributed by atoms with E-state index in [0.717, 1.165) is 31.2 Å². The van der Waals surface area contributed by atoms with Gasteiger partial charge in [-0.1, -0.05) is 61.2 Å². The Balaban J connectivity index is 1.64. The van der Waals surface area contributed by atoms with E-state index in [1.807, 2.05) is 30.3 Å². The van der Waals surface area contributed by atoms with Crippen LogP contribution in [0.3, 0.4) is 0 Å². The molecule has 6 nitrogen and oxygen atoms in total. The lowest BCUT2D eigenvalue weighted by Gasteiger charge is -2.24. The number of carbonyl (C=O) groups excluding carboxylic acids is 2. The molecular weight excluding hydrogens is 378 g/mol. The molecule has 1 aromatic carbocycles. The maximum absolute atomic E-state index is 12.6. The zero-order valence-electron chi connectivity index (χ0n) is 16.3. The third kappa shape index (κ3) is 4.93. The summed E-state index contributed by atoms with van der Waals surface area (Å²) in [5.74, 6) is -0.904. The normalized spacial score (nSPS) is 15.8. The summed E-state index contributed by atoms with van der Waals surface area (Å²) >= 11 is 6.39. The number of esters is 1. The number of benzene rings is 1. The summed E-state index contributed by atoms with van der Waals surface area (Å²) < 4.78 is 6.94. The van der Waals surface area contributed by atoms with Gasteiger partial charge < -0.3 is 10.1 Å². The number of hydrogen-bond donors (Lipinski definition) is 1. The number of nitrogens with one attached hydrogen (secondary N) is 1. The molecule has 0 saturated heterocycles. The zero-order chi connectivity index (χ0) is 20.1. The maximum atomic E-state index is 12.6. The van der Waals surface area contributed by atoms with Crippen molar-refractivity contribution in [2.75, 3.05) is 0 Å². The standard InChI is InChI=1S/C21H26ClN3O3/c1-14-18(19(22)25(24-14)13-16-9-5-3-6-10-16)21(27)28-15(2)20(26)23-17-11-7-4-8-12-17/h3,5-6,9-10,15,17H,4,7-8,11-13H2,1-2H3,(H,23,26)/t15-/m1/s1. The van der Waals surface area contributed by atoms with Crippen LogP contribution in [0.15, 0.2) is 30.3 Å². The second kappa shape index (κ2) is 9.24. The molecule has 1 saturated carbocycles. The summed E-state index contributed by atoms with van der Waals surface area (Å²) in [6.07, 6.45) is 4.51. The van der Waals surface area contributed by atoms with Crippen LogP contribution in [0.1, 0.15) is 60.6 Å². The van der Waals surface area contributed by atoms with Crippen molar-refractivity contribution in [2.45, 2.75) is 64.6 Å². The lowest BCUT2D eigenvalue weighted by Crippen LogP contribution is -2.42. The fraction of sp³-hybridized carbons (Fsp3) is 0.476. The summed E-state index contributed by atoms with van der Waals surface area (Å²) in [7, 11) is 0. The molecule has 1 aliphatic rings. The molecule has 1 aromatic heterocycles. The lowest BCUT2D eigenvalue weighted by molar-refractivity contribution is -0.130. The molecule has 2 aromatic rings. The summed E-state index contributed by atoms with van der Waals surface area (Å²) in [6, 6.07) is 9.89. The smallest absolute Gasteiger partial charge is 0.343 e. The molecule has 0 bridgehead atoms. The Morgan fingerprint density at radius 1 is 1.25 bits per heavy atom.